The molecule has 0 saturated carbocycles. The molecule has 0 radical (unpaired) electrons. The second kappa shape index (κ2) is 5.04. The first-order valence-electron chi connectivity index (χ1n) is 7.04. The van der Waals surface area contributed by atoms with Crippen molar-refractivity contribution in [1.29, 1.82) is 0 Å². The van der Waals surface area contributed by atoms with Crippen molar-refractivity contribution in [3.8, 4) is 11.3 Å². The Balaban J connectivity index is 2.32. The van der Waals surface area contributed by atoms with Crippen molar-refractivity contribution >= 4 is 10.8 Å². The van der Waals surface area contributed by atoms with E-state index in [0.29, 0.717) is 0 Å². The smallest absolute Gasteiger partial charge is 0.234 e. The van der Waals surface area contributed by atoms with Crippen LogP contribution in [0.15, 0.2) is 48.8 Å². The topological polar surface area (TPSA) is 16.8 Å². The van der Waals surface area contributed by atoms with Crippen LogP contribution in [0.1, 0.15) is 18.2 Å². The summed E-state index contributed by atoms with van der Waals surface area (Å²) in [5.74, 6) is 0. The number of rotatable bonds is 2. The largest absolute Gasteiger partial charge is 0.248 e. The van der Waals surface area contributed by atoms with Gasteiger partial charge in [0, 0.05) is 0 Å². The number of hydrogen-bond donors (Lipinski definition) is 0. The van der Waals surface area contributed by atoms with Crippen molar-refractivity contribution in [2.24, 2.45) is 7.05 Å². The fourth-order valence-corrected chi connectivity index (χ4v) is 2.78. The van der Waals surface area contributed by atoms with Crippen molar-refractivity contribution in [1.82, 2.24) is 4.98 Å². The van der Waals surface area contributed by atoms with E-state index in [-0.39, 0.29) is 0 Å². The molecule has 0 atom stereocenters. The molecular weight excluding hydrogens is 244 g/mol. The summed E-state index contributed by atoms with van der Waals surface area (Å²) in [6.07, 6.45) is 4.83. The van der Waals surface area contributed by atoms with Crippen molar-refractivity contribution in [3.63, 3.8) is 0 Å². The molecule has 0 aliphatic heterocycles. The van der Waals surface area contributed by atoms with Crippen LogP contribution in [-0.2, 0) is 13.5 Å². The molecule has 100 valence electrons. The van der Waals surface area contributed by atoms with Crippen LogP contribution in [0.4, 0.5) is 0 Å². The minimum atomic E-state index is 0.941. The fraction of sp³-hybridized carbons (Fsp3) is 0.222. The quantitative estimate of drug-likeness (QED) is 0.646. The van der Waals surface area contributed by atoms with Gasteiger partial charge in [0.25, 0.3) is 0 Å². The van der Waals surface area contributed by atoms with E-state index in [4.69, 9.17) is 0 Å². The lowest BCUT2D eigenvalue weighted by molar-refractivity contribution is -0.661. The minimum absolute atomic E-state index is 0.941. The summed E-state index contributed by atoms with van der Waals surface area (Å²) in [5, 5.41) is 2.57. The molecule has 0 N–H and O–H groups in total. The third-order valence-corrected chi connectivity index (χ3v) is 3.83. The van der Waals surface area contributed by atoms with Gasteiger partial charge in [0.15, 0.2) is 6.20 Å². The maximum Gasteiger partial charge on any atom is 0.234 e. The van der Waals surface area contributed by atoms with Gasteiger partial charge in [-0.1, -0.05) is 37.3 Å². The highest BCUT2D eigenvalue weighted by Crippen LogP contribution is 2.27. The van der Waals surface area contributed by atoms with Crippen molar-refractivity contribution in [2.45, 2.75) is 20.3 Å². The number of benzene rings is 2. The number of hydrogen-bond acceptors (Lipinski definition) is 1. The van der Waals surface area contributed by atoms with Gasteiger partial charge in [-0.3, -0.25) is 0 Å². The van der Waals surface area contributed by atoms with Crippen LogP contribution in [0.5, 0.6) is 0 Å². The molecule has 1 aromatic heterocycles. The zero-order chi connectivity index (χ0) is 14.1. The Labute approximate surface area is 119 Å². The second-order valence-electron chi connectivity index (χ2n) is 5.20. The Kier molecular flexibility index (Phi) is 3.23. The summed E-state index contributed by atoms with van der Waals surface area (Å²) >= 11 is 0. The van der Waals surface area contributed by atoms with Gasteiger partial charge in [-0.15, -0.1) is 0 Å². The zero-order valence-corrected chi connectivity index (χ0v) is 12.2. The number of nitrogens with zero attached hydrogens (tertiary/aromatic N) is 2. The van der Waals surface area contributed by atoms with Crippen molar-refractivity contribution < 1.29 is 4.57 Å². The molecule has 2 heteroatoms. The SMILES string of the molecule is CCc1ncc[n+](C)c1-c1cc2ccccc2cc1C. The highest BCUT2D eigenvalue weighted by Gasteiger charge is 2.18. The molecule has 2 aromatic carbocycles. The molecule has 3 aromatic rings. The minimum Gasteiger partial charge on any atom is -0.248 e. The standard InChI is InChI=1S/C18H19N2/c1-4-17-18(20(3)10-9-19-17)16-12-15-8-6-5-7-14(15)11-13(16)2/h5-12H,4H2,1-3H3/q+1. The monoisotopic (exact) mass is 263 g/mol. The molecule has 2 nitrogen and oxygen atoms in total. The lowest BCUT2D eigenvalue weighted by atomic mass is 9.97. The molecule has 0 spiro atoms. The maximum absolute atomic E-state index is 4.53. The summed E-state index contributed by atoms with van der Waals surface area (Å²) in [5.41, 5.74) is 4.93. The summed E-state index contributed by atoms with van der Waals surface area (Å²) in [6.45, 7) is 4.33. The normalized spacial score (nSPS) is 10.9. The first-order chi connectivity index (χ1) is 9.70. The average Bonchev–Trinajstić information content (AvgIpc) is 2.46. The van der Waals surface area contributed by atoms with Gasteiger partial charge in [-0.05, 0) is 35.7 Å². The first-order valence-corrected chi connectivity index (χ1v) is 7.04. The third kappa shape index (κ3) is 2.07. The first kappa shape index (κ1) is 12.8. The number of fused-ring (bicyclic) bond motifs is 1. The van der Waals surface area contributed by atoms with Crippen LogP contribution >= 0.6 is 0 Å². The van der Waals surface area contributed by atoms with Gasteiger partial charge in [0.2, 0.25) is 5.69 Å². The van der Waals surface area contributed by atoms with Crippen LogP contribution in [0.2, 0.25) is 0 Å². The molecule has 0 unspecified atom stereocenters. The van der Waals surface area contributed by atoms with Crippen LogP contribution in [0.25, 0.3) is 22.0 Å². The summed E-state index contributed by atoms with van der Waals surface area (Å²) < 4.78 is 2.17. The van der Waals surface area contributed by atoms with E-state index in [9.17, 15) is 0 Å². The lowest BCUT2D eigenvalue weighted by Crippen LogP contribution is -2.32. The molecule has 3 rings (SSSR count). The van der Waals surface area contributed by atoms with Crippen molar-refractivity contribution in [3.05, 3.63) is 60.0 Å². The average molecular weight is 263 g/mol. The Morgan fingerprint density at radius 3 is 2.50 bits per heavy atom. The summed E-state index contributed by atoms with van der Waals surface area (Å²) in [7, 11) is 2.09. The molecule has 0 bridgehead atoms. The number of aromatic nitrogens is 2. The number of aryl methyl sites for hydroxylation is 3. The predicted octanol–water partition coefficient (Wildman–Crippen LogP) is 3.60. The predicted molar refractivity (Wildman–Crippen MR) is 82.5 cm³/mol. The molecule has 0 saturated heterocycles. The van der Waals surface area contributed by atoms with E-state index in [1.54, 1.807) is 0 Å². The molecule has 0 fully saturated rings. The van der Waals surface area contributed by atoms with Crippen molar-refractivity contribution in [2.75, 3.05) is 0 Å². The Hall–Kier alpha value is -2.22. The third-order valence-electron chi connectivity index (χ3n) is 3.83. The molecule has 20 heavy (non-hydrogen) atoms. The van der Waals surface area contributed by atoms with E-state index in [2.05, 4.69) is 66.8 Å². The Morgan fingerprint density at radius 2 is 1.80 bits per heavy atom. The van der Waals surface area contributed by atoms with Gasteiger partial charge in [-0.2, -0.15) is 4.57 Å². The van der Waals surface area contributed by atoms with Gasteiger partial charge in [-0.25, -0.2) is 4.98 Å². The highest BCUT2D eigenvalue weighted by molar-refractivity contribution is 5.88. The highest BCUT2D eigenvalue weighted by atomic mass is 15.0. The van der Waals surface area contributed by atoms with Crippen LogP contribution in [0.3, 0.4) is 0 Å². The second-order valence-corrected chi connectivity index (χ2v) is 5.20. The van der Waals surface area contributed by atoms with Gasteiger partial charge in [0.1, 0.15) is 12.7 Å². The molecule has 0 amide bonds. The Bertz CT molecular complexity index is 775. The van der Waals surface area contributed by atoms with Gasteiger partial charge < -0.3 is 0 Å². The van der Waals surface area contributed by atoms with E-state index in [1.165, 1.54) is 27.6 Å². The van der Waals surface area contributed by atoms with Crippen LogP contribution < -0.4 is 4.57 Å². The fourth-order valence-electron chi connectivity index (χ4n) is 2.78. The lowest BCUT2D eigenvalue weighted by Gasteiger charge is -2.09. The van der Waals surface area contributed by atoms with E-state index >= 15 is 0 Å². The summed E-state index contributed by atoms with van der Waals surface area (Å²) in [4.78, 5) is 4.53. The molecular formula is C18H19N2+. The van der Waals surface area contributed by atoms with Crippen LogP contribution in [0, 0.1) is 6.92 Å². The van der Waals surface area contributed by atoms with E-state index in [0.717, 1.165) is 12.1 Å². The Morgan fingerprint density at radius 1 is 1.10 bits per heavy atom. The summed E-state index contributed by atoms with van der Waals surface area (Å²) in [6, 6.07) is 13.0. The van der Waals surface area contributed by atoms with E-state index < -0.39 is 0 Å². The van der Waals surface area contributed by atoms with Crippen LogP contribution in [-0.4, -0.2) is 4.98 Å². The van der Waals surface area contributed by atoms with E-state index in [1.807, 2.05) is 12.4 Å². The molecule has 0 aliphatic rings. The maximum atomic E-state index is 4.53. The molecule has 0 aliphatic carbocycles. The molecule has 1 heterocycles. The van der Waals surface area contributed by atoms with Gasteiger partial charge >= 0.3 is 0 Å². The van der Waals surface area contributed by atoms with Gasteiger partial charge in [0.05, 0.1) is 11.8 Å². The zero-order valence-electron chi connectivity index (χ0n) is 12.2.